The number of carbonyl (C=O) groups excluding carboxylic acids is 2. The van der Waals surface area contributed by atoms with Gasteiger partial charge in [0, 0.05) is 18.5 Å². The van der Waals surface area contributed by atoms with E-state index in [1.165, 1.54) is 12.1 Å². The van der Waals surface area contributed by atoms with Gasteiger partial charge in [-0.2, -0.15) is 0 Å². The smallest absolute Gasteiger partial charge is 0.224 e. The summed E-state index contributed by atoms with van der Waals surface area (Å²) in [6.45, 7) is 3.83. The zero-order chi connectivity index (χ0) is 22.4. The molecule has 0 heterocycles. The average molecular weight is 557 g/mol. The van der Waals surface area contributed by atoms with Gasteiger partial charge in [0.2, 0.25) is 11.1 Å². The van der Waals surface area contributed by atoms with Gasteiger partial charge in [-0.15, -0.1) is 0 Å². The Morgan fingerprint density at radius 1 is 0.966 bits per heavy atom. The van der Waals surface area contributed by atoms with Gasteiger partial charge in [-0.05, 0) is 80.6 Å². The third-order valence-corrected chi connectivity index (χ3v) is 4.96. The molecule has 0 unspecified atom stereocenters. The predicted molar refractivity (Wildman–Crippen MR) is 122 cm³/mol. The maximum Gasteiger partial charge on any atom is 0.224 e. The van der Waals surface area contributed by atoms with Crippen molar-refractivity contribution >= 4 is 66.0 Å². The molecule has 0 aliphatic heterocycles. The van der Waals surface area contributed by atoms with Crippen LogP contribution in [0.25, 0.3) is 0 Å². The summed E-state index contributed by atoms with van der Waals surface area (Å²) < 4.78 is 26.1. The number of nitrogens with one attached hydrogen (secondary N) is 1. The zero-order valence-corrected chi connectivity index (χ0v) is 20.0. The van der Waals surface area contributed by atoms with E-state index in [1.807, 2.05) is 13.8 Å². The largest absolute Gasteiger partial charge is 0.398 e. The quantitative estimate of drug-likeness (QED) is 0.306. The van der Waals surface area contributed by atoms with Gasteiger partial charge in [-0.1, -0.05) is 26.0 Å². The lowest BCUT2D eigenvalue weighted by Crippen LogP contribution is -2.11. The molecule has 0 saturated carbocycles. The second-order valence-electron chi connectivity index (χ2n) is 5.65. The fourth-order valence-corrected chi connectivity index (χ4v) is 2.57. The van der Waals surface area contributed by atoms with Crippen molar-refractivity contribution < 1.29 is 18.4 Å². The lowest BCUT2D eigenvalue weighted by atomic mass is 10.3. The van der Waals surface area contributed by atoms with E-state index in [0.717, 1.165) is 12.8 Å². The van der Waals surface area contributed by atoms with Crippen molar-refractivity contribution in [2.24, 2.45) is 0 Å². The van der Waals surface area contributed by atoms with Crippen LogP contribution in [0.1, 0.15) is 39.5 Å². The number of rotatable bonds is 5. The highest BCUT2D eigenvalue weighted by Gasteiger charge is 2.07. The first-order valence-corrected chi connectivity index (χ1v) is 10.7. The highest BCUT2D eigenvalue weighted by atomic mass is 79.9. The Kier molecular flexibility index (Phi) is 14.5. The number of carbonyl (C=O) groups is 2. The minimum Gasteiger partial charge on any atom is -0.398 e. The van der Waals surface area contributed by atoms with Gasteiger partial charge in [0.15, 0.2) is 0 Å². The molecule has 0 aromatic heterocycles. The van der Waals surface area contributed by atoms with E-state index in [0.29, 0.717) is 33.2 Å². The maximum atomic E-state index is 13.0. The molecule has 4 nitrogen and oxygen atoms in total. The minimum absolute atomic E-state index is 0.0983. The molecule has 1 amide bonds. The monoisotopic (exact) mass is 554 g/mol. The lowest BCUT2D eigenvalue weighted by Gasteiger charge is -2.06. The molecule has 0 spiro atoms. The first-order chi connectivity index (χ1) is 13.6. The van der Waals surface area contributed by atoms with Crippen LogP contribution < -0.4 is 11.1 Å². The van der Waals surface area contributed by atoms with Crippen LogP contribution in [-0.2, 0) is 9.59 Å². The summed E-state index contributed by atoms with van der Waals surface area (Å²) in [5.74, 6) is -0.798. The molecule has 2 aromatic rings. The van der Waals surface area contributed by atoms with Crippen molar-refractivity contribution in [2.75, 3.05) is 11.1 Å². The van der Waals surface area contributed by atoms with Crippen LogP contribution >= 0.6 is 43.5 Å². The molecule has 0 saturated heterocycles. The van der Waals surface area contributed by atoms with E-state index in [2.05, 4.69) is 37.2 Å². The number of halogens is 5. The predicted octanol–water partition coefficient (Wildman–Crippen LogP) is 7.05. The van der Waals surface area contributed by atoms with Crippen LogP contribution in [0.2, 0.25) is 0 Å². The molecule has 0 atom stereocenters. The topological polar surface area (TPSA) is 72.2 Å². The Labute approximate surface area is 191 Å². The SMILES string of the molecule is CCCC(=O)Cl.CCCC(=O)Nc1cccc(F)c1Br.Nc1cccc(F)c1Br. The molecule has 0 aliphatic carbocycles. The van der Waals surface area contributed by atoms with Crippen LogP contribution in [0, 0.1) is 11.6 Å². The fourth-order valence-electron chi connectivity index (χ4n) is 1.76. The second-order valence-corrected chi connectivity index (χ2v) is 7.66. The van der Waals surface area contributed by atoms with E-state index >= 15 is 0 Å². The molecular weight excluding hydrogens is 533 g/mol. The highest BCUT2D eigenvalue weighted by molar-refractivity contribution is 9.11. The van der Waals surface area contributed by atoms with E-state index in [-0.39, 0.29) is 22.8 Å². The van der Waals surface area contributed by atoms with E-state index in [9.17, 15) is 18.4 Å². The molecule has 2 aromatic carbocycles. The van der Waals surface area contributed by atoms with Crippen LogP contribution in [-0.4, -0.2) is 11.1 Å². The molecule has 0 radical (unpaired) electrons. The average Bonchev–Trinajstić information content (AvgIpc) is 2.65. The molecule has 0 aliphatic rings. The van der Waals surface area contributed by atoms with Crippen molar-refractivity contribution in [3.63, 3.8) is 0 Å². The summed E-state index contributed by atoms with van der Waals surface area (Å²) in [5.41, 5.74) is 6.24. The van der Waals surface area contributed by atoms with Gasteiger partial charge < -0.3 is 11.1 Å². The number of hydrogen-bond donors (Lipinski definition) is 2. The standard InChI is InChI=1S/C10H11BrFNO.C6H5BrFN.C4H7ClO/c1-2-4-9(14)13-8-6-3-5-7(12)10(8)11;7-6-4(8)2-1-3-5(6)9;1-2-3-4(5)6/h3,5-6H,2,4H2,1H3,(H,13,14);1-3H,9H2;2-3H2,1H3. The van der Waals surface area contributed by atoms with Crippen LogP contribution in [0.3, 0.4) is 0 Å². The molecule has 0 bridgehead atoms. The molecule has 160 valence electrons. The van der Waals surface area contributed by atoms with E-state index < -0.39 is 0 Å². The zero-order valence-electron chi connectivity index (χ0n) is 16.1. The fraction of sp³-hybridized carbons (Fsp3) is 0.300. The van der Waals surface area contributed by atoms with Crippen molar-refractivity contribution in [3.8, 4) is 0 Å². The maximum absolute atomic E-state index is 13.0. The number of nitrogens with two attached hydrogens (primary N) is 1. The molecule has 2 rings (SSSR count). The molecule has 3 N–H and O–H groups in total. The Hall–Kier alpha value is -1.51. The normalized spacial score (nSPS) is 9.48. The van der Waals surface area contributed by atoms with E-state index in [1.54, 1.807) is 24.3 Å². The first kappa shape index (κ1) is 27.5. The van der Waals surface area contributed by atoms with Gasteiger partial charge in [-0.25, -0.2) is 8.78 Å². The Morgan fingerprint density at radius 3 is 1.90 bits per heavy atom. The van der Waals surface area contributed by atoms with Crippen LogP contribution in [0.4, 0.5) is 20.2 Å². The summed E-state index contributed by atoms with van der Waals surface area (Å²) >= 11 is 11.0. The molecule has 0 fully saturated rings. The van der Waals surface area contributed by atoms with Crippen LogP contribution in [0.5, 0.6) is 0 Å². The summed E-state index contributed by atoms with van der Waals surface area (Å²) in [5, 5.41) is 2.39. The Bertz CT molecular complexity index is 788. The van der Waals surface area contributed by atoms with Crippen molar-refractivity contribution in [2.45, 2.75) is 39.5 Å². The number of benzene rings is 2. The van der Waals surface area contributed by atoms with Crippen molar-refractivity contribution in [3.05, 3.63) is 57.0 Å². The number of hydrogen-bond acceptors (Lipinski definition) is 3. The summed E-state index contributed by atoms with van der Waals surface area (Å²) in [6, 6.07) is 9.09. The third kappa shape index (κ3) is 11.9. The van der Waals surface area contributed by atoms with Gasteiger partial charge in [-0.3, -0.25) is 9.59 Å². The van der Waals surface area contributed by atoms with Crippen LogP contribution in [0.15, 0.2) is 45.3 Å². The molecular formula is C20H23Br2ClF2N2O2. The molecule has 29 heavy (non-hydrogen) atoms. The second kappa shape index (κ2) is 15.3. The van der Waals surface area contributed by atoms with Crippen molar-refractivity contribution in [1.82, 2.24) is 0 Å². The van der Waals surface area contributed by atoms with E-state index in [4.69, 9.17) is 17.3 Å². The highest BCUT2D eigenvalue weighted by Crippen LogP contribution is 2.25. The Balaban J connectivity index is 0.000000448. The summed E-state index contributed by atoms with van der Waals surface area (Å²) in [4.78, 5) is 21.0. The summed E-state index contributed by atoms with van der Waals surface area (Å²) in [7, 11) is 0. The van der Waals surface area contributed by atoms with Crippen molar-refractivity contribution in [1.29, 1.82) is 0 Å². The number of amides is 1. The third-order valence-electron chi connectivity index (χ3n) is 3.13. The molecule has 9 heteroatoms. The van der Waals surface area contributed by atoms with Gasteiger partial charge in [0.05, 0.1) is 14.6 Å². The van der Waals surface area contributed by atoms with Gasteiger partial charge in [0.25, 0.3) is 0 Å². The number of anilines is 2. The summed E-state index contributed by atoms with van der Waals surface area (Å²) in [6.07, 6.45) is 2.58. The Morgan fingerprint density at radius 2 is 1.48 bits per heavy atom. The first-order valence-electron chi connectivity index (χ1n) is 8.75. The van der Waals surface area contributed by atoms with Gasteiger partial charge in [0.1, 0.15) is 11.6 Å². The number of nitrogen functional groups attached to an aromatic ring is 1. The van der Waals surface area contributed by atoms with Gasteiger partial charge >= 0.3 is 0 Å². The lowest BCUT2D eigenvalue weighted by molar-refractivity contribution is -0.116. The minimum atomic E-state index is -0.376.